The Balaban J connectivity index is 0.00000364. The van der Waals surface area contributed by atoms with E-state index in [0.717, 1.165) is 11.5 Å². The van der Waals surface area contributed by atoms with Crippen molar-refractivity contribution in [3.63, 3.8) is 0 Å². The van der Waals surface area contributed by atoms with E-state index in [1.54, 1.807) is 0 Å². The minimum absolute atomic E-state index is 0. The first kappa shape index (κ1) is 26.5. The van der Waals surface area contributed by atoms with E-state index in [9.17, 15) is 10.2 Å². The number of hydrogen-bond donors (Lipinski definition) is 4. The summed E-state index contributed by atoms with van der Waals surface area (Å²) in [5.74, 6) is 1.50. The summed E-state index contributed by atoms with van der Waals surface area (Å²) in [5, 5.41) is 26.0. The van der Waals surface area contributed by atoms with Crippen LogP contribution in [-0.4, -0.2) is 61.8 Å². The van der Waals surface area contributed by atoms with Gasteiger partial charge in [0.25, 0.3) is 0 Å². The second kappa shape index (κ2) is 16.4. The maximum atomic E-state index is 9.87. The molecule has 2 aromatic carbocycles. The van der Waals surface area contributed by atoms with Gasteiger partial charge in [0.15, 0.2) is 0 Å². The highest BCUT2D eigenvalue weighted by Crippen LogP contribution is 2.09. The first-order valence-corrected chi connectivity index (χ1v) is 8.87. The Kier molecular flexibility index (Phi) is 15.5. The molecule has 0 bridgehead atoms. The van der Waals surface area contributed by atoms with E-state index in [1.807, 2.05) is 60.7 Å². The molecule has 0 aliphatic carbocycles. The van der Waals surface area contributed by atoms with Crippen molar-refractivity contribution in [2.24, 2.45) is 0 Å². The molecule has 0 saturated carbocycles. The second-order valence-corrected chi connectivity index (χ2v) is 5.96. The molecule has 0 amide bonds. The van der Waals surface area contributed by atoms with Crippen molar-refractivity contribution < 1.29 is 19.7 Å². The molecule has 8 heteroatoms. The van der Waals surface area contributed by atoms with E-state index in [4.69, 9.17) is 9.47 Å². The lowest BCUT2D eigenvalue weighted by molar-refractivity contribution is 0.103. The van der Waals surface area contributed by atoms with Gasteiger partial charge in [0.2, 0.25) is 0 Å². The zero-order valence-electron chi connectivity index (χ0n) is 15.7. The Bertz CT molecular complexity index is 540. The summed E-state index contributed by atoms with van der Waals surface area (Å²) in [4.78, 5) is 0. The van der Waals surface area contributed by atoms with Crippen molar-refractivity contribution in [2.45, 2.75) is 12.2 Å². The number of para-hydroxylation sites is 2. The second-order valence-electron chi connectivity index (χ2n) is 5.96. The first-order chi connectivity index (χ1) is 12.7. The van der Waals surface area contributed by atoms with Gasteiger partial charge in [0.05, 0.1) is 0 Å². The number of rotatable bonds is 13. The van der Waals surface area contributed by atoms with Crippen LogP contribution in [0, 0.1) is 0 Å². The van der Waals surface area contributed by atoms with Crippen LogP contribution in [0.2, 0.25) is 0 Å². The van der Waals surface area contributed by atoms with Crippen LogP contribution in [0.5, 0.6) is 11.5 Å². The lowest BCUT2D eigenvalue weighted by Crippen LogP contribution is -2.38. The number of ether oxygens (including phenoxy) is 2. The van der Waals surface area contributed by atoms with Gasteiger partial charge in [-0.25, -0.2) is 0 Å². The highest BCUT2D eigenvalue weighted by molar-refractivity contribution is 5.85. The molecule has 158 valence electrons. The van der Waals surface area contributed by atoms with Gasteiger partial charge in [-0.1, -0.05) is 36.4 Å². The van der Waals surface area contributed by atoms with Crippen molar-refractivity contribution in [2.75, 3.05) is 39.4 Å². The molecular weight excluding hydrogens is 403 g/mol. The Hall–Kier alpha value is -1.54. The molecular formula is C20H30Cl2N2O4. The fourth-order valence-electron chi connectivity index (χ4n) is 2.25. The smallest absolute Gasteiger partial charge is 0.119 e. The van der Waals surface area contributed by atoms with Gasteiger partial charge >= 0.3 is 0 Å². The van der Waals surface area contributed by atoms with Crippen LogP contribution in [0.3, 0.4) is 0 Å². The maximum Gasteiger partial charge on any atom is 0.119 e. The zero-order valence-corrected chi connectivity index (χ0v) is 17.3. The van der Waals surface area contributed by atoms with E-state index in [2.05, 4.69) is 10.6 Å². The van der Waals surface area contributed by atoms with Gasteiger partial charge < -0.3 is 30.3 Å². The average molecular weight is 433 g/mol. The molecule has 0 fully saturated rings. The number of hydrogen-bond acceptors (Lipinski definition) is 6. The van der Waals surface area contributed by atoms with Gasteiger partial charge in [0, 0.05) is 26.2 Å². The molecule has 0 aliphatic heterocycles. The normalized spacial score (nSPS) is 12.2. The summed E-state index contributed by atoms with van der Waals surface area (Å²) in [6.07, 6.45) is -1.14. The number of nitrogens with one attached hydrogen (secondary N) is 2. The summed E-state index contributed by atoms with van der Waals surface area (Å²) in [6.45, 7) is 2.78. The zero-order chi connectivity index (χ0) is 18.5. The number of aliphatic hydroxyl groups excluding tert-OH is 2. The SMILES string of the molecule is Cl.Cl.OC(CNCCNCC(O)COc1ccccc1)COc1ccccc1. The predicted molar refractivity (Wildman–Crippen MR) is 116 cm³/mol. The lowest BCUT2D eigenvalue weighted by Gasteiger charge is -2.15. The highest BCUT2D eigenvalue weighted by Gasteiger charge is 2.06. The Labute approximate surface area is 179 Å². The van der Waals surface area contributed by atoms with Crippen LogP contribution >= 0.6 is 24.8 Å². The fourth-order valence-corrected chi connectivity index (χ4v) is 2.25. The number of aliphatic hydroxyl groups is 2. The van der Waals surface area contributed by atoms with E-state index in [1.165, 1.54) is 0 Å². The topological polar surface area (TPSA) is 83.0 Å². The molecule has 2 aromatic rings. The molecule has 0 heterocycles. The van der Waals surface area contributed by atoms with Crippen molar-refractivity contribution in [1.29, 1.82) is 0 Å². The van der Waals surface area contributed by atoms with Gasteiger partial charge in [-0.3, -0.25) is 0 Å². The summed E-state index contributed by atoms with van der Waals surface area (Å²) in [7, 11) is 0. The van der Waals surface area contributed by atoms with Crippen LogP contribution in [0.4, 0.5) is 0 Å². The van der Waals surface area contributed by atoms with E-state index < -0.39 is 12.2 Å². The number of halogens is 2. The van der Waals surface area contributed by atoms with Crippen LogP contribution < -0.4 is 20.1 Å². The minimum atomic E-state index is -0.569. The number of benzene rings is 2. The van der Waals surface area contributed by atoms with Crippen LogP contribution in [-0.2, 0) is 0 Å². The third-order valence-corrected chi connectivity index (χ3v) is 3.61. The summed E-state index contributed by atoms with van der Waals surface area (Å²) in [6, 6.07) is 18.8. The molecule has 2 unspecified atom stereocenters. The largest absolute Gasteiger partial charge is 0.491 e. The summed E-state index contributed by atoms with van der Waals surface area (Å²) >= 11 is 0. The lowest BCUT2D eigenvalue weighted by atomic mass is 10.3. The van der Waals surface area contributed by atoms with Gasteiger partial charge in [-0.05, 0) is 24.3 Å². The van der Waals surface area contributed by atoms with E-state index in [0.29, 0.717) is 26.2 Å². The molecule has 28 heavy (non-hydrogen) atoms. The average Bonchev–Trinajstić information content (AvgIpc) is 2.69. The van der Waals surface area contributed by atoms with Gasteiger partial charge in [-0.15, -0.1) is 24.8 Å². The molecule has 4 N–H and O–H groups in total. The van der Waals surface area contributed by atoms with Crippen molar-refractivity contribution >= 4 is 24.8 Å². The van der Waals surface area contributed by atoms with E-state index in [-0.39, 0.29) is 38.0 Å². The fraction of sp³-hybridized carbons (Fsp3) is 0.400. The molecule has 2 rings (SSSR count). The van der Waals surface area contributed by atoms with Crippen molar-refractivity contribution in [1.82, 2.24) is 10.6 Å². The molecule has 6 nitrogen and oxygen atoms in total. The molecule has 0 aromatic heterocycles. The predicted octanol–water partition coefficient (Wildman–Crippen LogP) is 1.89. The van der Waals surface area contributed by atoms with E-state index >= 15 is 0 Å². The summed E-state index contributed by atoms with van der Waals surface area (Å²) < 4.78 is 11.0. The molecule has 2 atom stereocenters. The molecule has 0 radical (unpaired) electrons. The third kappa shape index (κ3) is 12.0. The summed E-state index contributed by atoms with van der Waals surface area (Å²) in [5.41, 5.74) is 0. The Morgan fingerprint density at radius 3 is 1.36 bits per heavy atom. The highest BCUT2D eigenvalue weighted by atomic mass is 35.5. The van der Waals surface area contributed by atoms with Crippen LogP contribution in [0.1, 0.15) is 0 Å². The van der Waals surface area contributed by atoms with Crippen molar-refractivity contribution in [3.05, 3.63) is 60.7 Å². The first-order valence-electron chi connectivity index (χ1n) is 8.87. The van der Waals surface area contributed by atoms with Gasteiger partial charge in [-0.2, -0.15) is 0 Å². The molecule has 0 spiro atoms. The minimum Gasteiger partial charge on any atom is -0.491 e. The van der Waals surface area contributed by atoms with Crippen molar-refractivity contribution in [3.8, 4) is 11.5 Å². The Morgan fingerprint density at radius 2 is 1.00 bits per heavy atom. The van der Waals surface area contributed by atoms with Crippen LogP contribution in [0.25, 0.3) is 0 Å². The quantitative estimate of drug-likeness (QED) is 0.361. The standard InChI is InChI=1S/C20H28N2O4.2ClH/c23-17(15-25-19-7-3-1-4-8-19)13-21-11-12-22-14-18(24)16-26-20-9-5-2-6-10-20;;/h1-10,17-18,21-24H,11-16H2;2*1H. The van der Waals surface area contributed by atoms with Gasteiger partial charge in [0.1, 0.15) is 36.9 Å². The van der Waals surface area contributed by atoms with Crippen LogP contribution in [0.15, 0.2) is 60.7 Å². The molecule has 0 saturated heterocycles. The molecule has 0 aliphatic rings. The Morgan fingerprint density at radius 1 is 0.643 bits per heavy atom. The third-order valence-electron chi connectivity index (χ3n) is 3.61. The maximum absolute atomic E-state index is 9.87. The monoisotopic (exact) mass is 432 g/mol.